The first-order valence-corrected chi connectivity index (χ1v) is 5.03. The monoisotopic (exact) mass is 246 g/mol. The van der Waals surface area contributed by atoms with Gasteiger partial charge in [-0.1, -0.05) is 6.07 Å². The largest absolute Gasteiger partial charge is 0.406 e. The SMILES string of the molecule is Cc1ccc2[nH]c(=S)n(CC(F)(F)F)c2c1. The van der Waals surface area contributed by atoms with Crippen LogP contribution < -0.4 is 0 Å². The second-order valence-electron chi connectivity index (χ2n) is 3.65. The highest BCUT2D eigenvalue weighted by atomic mass is 32.1. The van der Waals surface area contributed by atoms with Gasteiger partial charge in [0.25, 0.3) is 0 Å². The number of hydrogen-bond acceptors (Lipinski definition) is 1. The van der Waals surface area contributed by atoms with E-state index < -0.39 is 12.7 Å². The summed E-state index contributed by atoms with van der Waals surface area (Å²) in [6, 6.07) is 5.24. The van der Waals surface area contributed by atoms with E-state index in [4.69, 9.17) is 12.2 Å². The predicted molar refractivity (Wildman–Crippen MR) is 57.9 cm³/mol. The molecule has 16 heavy (non-hydrogen) atoms. The van der Waals surface area contributed by atoms with Crippen molar-refractivity contribution in [2.75, 3.05) is 0 Å². The fourth-order valence-electron chi connectivity index (χ4n) is 1.60. The van der Waals surface area contributed by atoms with Crippen LogP contribution in [0, 0.1) is 11.7 Å². The molecule has 0 aliphatic rings. The van der Waals surface area contributed by atoms with E-state index in [-0.39, 0.29) is 4.77 Å². The number of aromatic amines is 1. The zero-order valence-electron chi connectivity index (χ0n) is 8.43. The number of benzene rings is 1. The van der Waals surface area contributed by atoms with Crippen molar-refractivity contribution in [3.63, 3.8) is 0 Å². The highest BCUT2D eigenvalue weighted by Gasteiger charge is 2.29. The smallest absolute Gasteiger partial charge is 0.331 e. The molecule has 2 aromatic rings. The summed E-state index contributed by atoms with van der Waals surface area (Å²) in [7, 11) is 0. The molecule has 0 aliphatic heterocycles. The van der Waals surface area contributed by atoms with Crippen LogP contribution in [0.25, 0.3) is 11.0 Å². The first-order chi connectivity index (χ1) is 7.37. The van der Waals surface area contributed by atoms with E-state index in [9.17, 15) is 13.2 Å². The van der Waals surface area contributed by atoms with E-state index in [1.807, 2.05) is 13.0 Å². The third-order valence-electron chi connectivity index (χ3n) is 2.27. The van der Waals surface area contributed by atoms with Gasteiger partial charge >= 0.3 is 6.18 Å². The van der Waals surface area contributed by atoms with Crippen molar-refractivity contribution in [3.05, 3.63) is 28.5 Å². The Morgan fingerprint density at radius 3 is 2.69 bits per heavy atom. The average molecular weight is 246 g/mol. The van der Waals surface area contributed by atoms with Crippen molar-refractivity contribution in [3.8, 4) is 0 Å². The maximum atomic E-state index is 12.3. The third-order valence-corrected chi connectivity index (χ3v) is 2.59. The summed E-state index contributed by atoms with van der Waals surface area (Å²) >= 11 is 4.87. The van der Waals surface area contributed by atoms with Crippen molar-refractivity contribution in [2.24, 2.45) is 0 Å². The molecule has 1 heterocycles. The third kappa shape index (κ3) is 2.11. The summed E-state index contributed by atoms with van der Waals surface area (Å²) in [5, 5.41) is 0. The number of H-pyrrole nitrogens is 1. The van der Waals surface area contributed by atoms with Gasteiger partial charge in [-0.15, -0.1) is 0 Å². The molecule has 0 saturated carbocycles. The number of nitrogens with zero attached hydrogens (tertiary/aromatic N) is 1. The molecule has 0 saturated heterocycles. The number of aryl methyl sites for hydroxylation is 1. The van der Waals surface area contributed by atoms with Crippen LogP contribution in [0.5, 0.6) is 0 Å². The molecule has 2 rings (SSSR count). The normalized spacial score (nSPS) is 12.2. The summed E-state index contributed by atoms with van der Waals surface area (Å²) in [5.74, 6) is 0. The van der Waals surface area contributed by atoms with Crippen molar-refractivity contribution < 1.29 is 13.2 Å². The number of aromatic nitrogens is 2. The Morgan fingerprint density at radius 1 is 1.38 bits per heavy atom. The molecule has 0 fully saturated rings. The van der Waals surface area contributed by atoms with Crippen LogP contribution in [0.15, 0.2) is 18.2 Å². The zero-order valence-corrected chi connectivity index (χ0v) is 9.25. The molecule has 2 nitrogen and oxygen atoms in total. The van der Waals surface area contributed by atoms with Crippen LogP contribution in [0.4, 0.5) is 13.2 Å². The molecule has 0 atom stereocenters. The van der Waals surface area contributed by atoms with Crippen molar-refractivity contribution in [2.45, 2.75) is 19.6 Å². The maximum Gasteiger partial charge on any atom is 0.406 e. The van der Waals surface area contributed by atoms with E-state index in [0.717, 1.165) is 10.1 Å². The summed E-state index contributed by atoms with van der Waals surface area (Å²) in [6.45, 7) is 0.767. The molecule has 0 unspecified atom stereocenters. The zero-order chi connectivity index (χ0) is 11.9. The Bertz CT molecular complexity index is 580. The number of imidazole rings is 1. The highest BCUT2D eigenvalue weighted by molar-refractivity contribution is 7.71. The van der Waals surface area contributed by atoms with Crippen molar-refractivity contribution >= 4 is 23.3 Å². The van der Waals surface area contributed by atoms with E-state index in [1.165, 1.54) is 0 Å². The van der Waals surface area contributed by atoms with E-state index in [1.54, 1.807) is 12.1 Å². The van der Waals surface area contributed by atoms with Crippen molar-refractivity contribution in [1.82, 2.24) is 9.55 Å². The van der Waals surface area contributed by atoms with Crippen LogP contribution in [0.1, 0.15) is 5.56 Å². The molecule has 0 spiro atoms. The lowest BCUT2D eigenvalue weighted by Crippen LogP contribution is -2.17. The molecular weight excluding hydrogens is 237 g/mol. The summed E-state index contributed by atoms with van der Waals surface area (Å²) in [5.41, 5.74) is 2.01. The lowest BCUT2D eigenvalue weighted by molar-refractivity contribution is -0.140. The number of fused-ring (bicyclic) bond motifs is 1. The number of alkyl halides is 3. The fraction of sp³-hybridized carbons (Fsp3) is 0.300. The molecule has 1 N–H and O–H groups in total. The van der Waals surface area contributed by atoms with Gasteiger partial charge in [-0.05, 0) is 36.8 Å². The van der Waals surface area contributed by atoms with Gasteiger partial charge in [0, 0.05) is 0 Å². The lowest BCUT2D eigenvalue weighted by Gasteiger charge is -2.08. The second kappa shape index (κ2) is 3.62. The minimum absolute atomic E-state index is 0.0953. The van der Waals surface area contributed by atoms with Gasteiger partial charge in [-0.2, -0.15) is 13.2 Å². The fourth-order valence-corrected chi connectivity index (χ4v) is 1.87. The molecule has 1 aromatic carbocycles. The molecule has 0 radical (unpaired) electrons. The molecule has 1 aromatic heterocycles. The summed E-state index contributed by atoms with van der Waals surface area (Å²) < 4.78 is 38.2. The Balaban J connectivity index is 2.63. The first-order valence-electron chi connectivity index (χ1n) is 4.63. The molecule has 0 bridgehead atoms. The van der Waals surface area contributed by atoms with E-state index in [0.29, 0.717) is 11.0 Å². The van der Waals surface area contributed by atoms with Gasteiger partial charge in [-0.3, -0.25) is 0 Å². The van der Waals surface area contributed by atoms with E-state index in [2.05, 4.69) is 4.98 Å². The standard InChI is InChI=1S/C10H9F3N2S/c1-6-2-3-7-8(4-6)15(9(16)14-7)5-10(11,12)13/h2-4H,5H2,1H3,(H,14,16). The number of hydrogen-bond donors (Lipinski definition) is 1. The Labute approximate surface area is 94.7 Å². The first kappa shape index (κ1) is 11.2. The summed E-state index contributed by atoms with van der Waals surface area (Å²) in [4.78, 5) is 2.75. The van der Waals surface area contributed by atoms with Gasteiger partial charge in [0.2, 0.25) is 0 Å². The van der Waals surface area contributed by atoms with Crippen LogP contribution in [0.2, 0.25) is 0 Å². The van der Waals surface area contributed by atoms with Crippen LogP contribution in [0.3, 0.4) is 0 Å². The van der Waals surface area contributed by atoms with E-state index >= 15 is 0 Å². The Hall–Kier alpha value is -1.30. The average Bonchev–Trinajstić information content (AvgIpc) is 2.42. The predicted octanol–water partition coefficient (Wildman–Crippen LogP) is 3.57. The number of rotatable bonds is 1. The minimum atomic E-state index is -4.27. The topological polar surface area (TPSA) is 20.7 Å². The van der Waals surface area contributed by atoms with Gasteiger partial charge in [0.1, 0.15) is 6.54 Å². The van der Waals surface area contributed by atoms with Crippen LogP contribution in [-0.4, -0.2) is 15.7 Å². The van der Waals surface area contributed by atoms with Crippen LogP contribution in [-0.2, 0) is 6.54 Å². The molecule has 0 amide bonds. The second-order valence-corrected chi connectivity index (χ2v) is 4.04. The Morgan fingerprint density at radius 2 is 2.06 bits per heavy atom. The summed E-state index contributed by atoms with van der Waals surface area (Å²) in [6.07, 6.45) is -4.27. The van der Waals surface area contributed by atoms with Gasteiger partial charge in [0.05, 0.1) is 11.0 Å². The van der Waals surface area contributed by atoms with Crippen LogP contribution >= 0.6 is 12.2 Å². The molecule has 86 valence electrons. The Kier molecular flexibility index (Phi) is 2.53. The number of nitrogens with one attached hydrogen (secondary N) is 1. The molecule has 0 aliphatic carbocycles. The number of halogens is 3. The van der Waals surface area contributed by atoms with Gasteiger partial charge in [0.15, 0.2) is 4.77 Å². The van der Waals surface area contributed by atoms with Gasteiger partial charge in [-0.25, -0.2) is 0 Å². The molecule has 6 heteroatoms. The highest BCUT2D eigenvalue weighted by Crippen LogP contribution is 2.22. The van der Waals surface area contributed by atoms with Crippen molar-refractivity contribution in [1.29, 1.82) is 0 Å². The molecular formula is C10H9F3N2S. The maximum absolute atomic E-state index is 12.3. The van der Waals surface area contributed by atoms with Gasteiger partial charge < -0.3 is 9.55 Å². The minimum Gasteiger partial charge on any atom is -0.331 e. The lowest BCUT2D eigenvalue weighted by atomic mass is 10.2. The quantitative estimate of drug-likeness (QED) is 0.763.